The Morgan fingerprint density at radius 1 is 1.09 bits per heavy atom. The van der Waals surface area contributed by atoms with E-state index in [1.807, 2.05) is 0 Å². The molecule has 0 bridgehead atoms. The number of anilines is 1. The number of fused-ring (bicyclic) bond motifs is 1. The number of carbonyl (C=O) groups excluding carboxylic acids is 1. The second kappa shape index (κ2) is 4.56. The molecule has 1 fully saturated rings. The first-order valence-corrected chi connectivity index (χ1v) is 7.13. The first-order chi connectivity index (χ1) is 10.3. The van der Waals surface area contributed by atoms with E-state index in [1.165, 1.54) is 4.90 Å². The highest BCUT2D eigenvalue weighted by atomic mass is 16.4. The van der Waals surface area contributed by atoms with E-state index in [9.17, 15) is 24.6 Å². The van der Waals surface area contributed by atoms with Crippen LogP contribution in [0.25, 0.3) is 0 Å². The molecule has 0 aromatic heterocycles. The largest absolute Gasteiger partial charge is 0.481 e. The summed E-state index contributed by atoms with van der Waals surface area (Å²) in [7, 11) is 0. The number of carboxylic acid groups (broad SMARTS) is 2. The average Bonchev–Trinajstić information content (AvgIpc) is 2.84. The average molecular weight is 303 g/mol. The number of para-hydroxylation sites is 1. The van der Waals surface area contributed by atoms with Gasteiger partial charge >= 0.3 is 11.9 Å². The number of hydrogen-bond donors (Lipinski definition) is 2. The van der Waals surface area contributed by atoms with Crippen LogP contribution in [0, 0.1) is 17.3 Å². The van der Waals surface area contributed by atoms with Crippen LogP contribution in [0.3, 0.4) is 0 Å². The molecule has 0 radical (unpaired) electrons. The van der Waals surface area contributed by atoms with Gasteiger partial charge in [-0.2, -0.15) is 0 Å². The first-order valence-electron chi connectivity index (χ1n) is 7.13. The zero-order valence-corrected chi connectivity index (χ0v) is 12.3. The number of carboxylic acids is 2. The Morgan fingerprint density at radius 2 is 1.73 bits per heavy atom. The Kier molecular flexibility index (Phi) is 3.02. The van der Waals surface area contributed by atoms with Gasteiger partial charge in [-0.1, -0.05) is 32.0 Å². The Bertz CT molecular complexity index is 681. The van der Waals surface area contributed by atoms with E-state index in [1.54, 1.807) is 38.1 Å². The minimum absolute atomic E-state index is 0.252. The van der Waals surface area contributed by atoms with Crippen LogP contribution < -0.4 is 4.90 Å². The predicted octanol–water partition coefficient (Wildman–Crippen LogP) is 1.39. The van der Waals surface area contributed by atoms with E-state index in [4.69, 9.17) is 0 Å². The van der Waals surface area contributed by atoms with E-state index in [-0.39, 0.29) is 6.42 Å². The molecule has 1 aromatic carbocycles. The van der Waals surface area contributed by atoms with Gasteiger partial charge in [0.25, 0.3) is 0 Å². The summed E-state index contributed by atoms with van der Waals surface area (Å²) in [6.45, 7) is 3.46. The smallest absolute Gasteiger partial charge is 0.327 e. The lowest BCUT2D eigenvalue weighted by atomic mass is 10.1. The topological polar surface area (TPSA) is 94.9 Å². The van der Waals surface area contributed by atoms with Crippen molar-refractivity contribution in [2.45, 2.75) is 26.3 Å². The predicted molar refractivity (Wildman–Crippen MR) is 77.5 cm³/mol. The van der Waals surface area contributed by atoms with Gasteiger partial charge in [-0.3, -0.25) is 14.5 Å². The van der Waals surface area contributed by atoms with Gasteiger partial charge in [0, 0.05) is 12.1 Å². The van der Waals surface area contributed by atoms with Gasteiger partial charge in [0.1, 0.15) is 6.04 Å². The molecule has 0 unspecified atom stereocenters. The van der Waals surface area contributed by atoms with Gasteiger partial charge < -0.3 is 10.2 Å². The minimum atomic E-state index is -1.07. The Labute approximate surface area is 127 Å². The van der Waals surface area contributed by atoms with Crippen molar-refractivity contribution in [2.24, 2.45) is 17.3 Å². The number of carbonyl (C=O) groups is 3. The second-order valence-electron chi connectivity index (χ2n) is 6.51. The van der Waals surface area contributed by atoms with Gasteiger partial charge in [-0.25, -0.2) is 4.79 Å². The van der Waals surface area contributed by atoms with Crippen molar-refractivity contribution in [1.82, 2.24) is 0 Å². The molecule has 6 heteroatoms. The highest BCUT2D eigenvalue weighted by Gasteiger charge is 2.67. The molecule has 1 saturated carbocycles. The molecule has 0 spiro atoms. The van der Waals surface area contributed by atoms with E-state index >= 15 is 0 Å². The molecule has 0 saturated heterocycles. The van der Waals surface area contributed by atoms with Crippen LogP contribution in [0.5, 0.6) is 0 Å². The Morgan fingerprint density at radius 3 is 2.27 bits per heavy atom. The maximum absolute atomic E-state index is 12.8. The fourth-order valence-corrected chi connectivity index (χ4v) is 3.57. The first kappa shape index (κ1) is 14.6. The Balaban J connectivity index is 1.97. The maximum atomic E-state index is 12.8. The highest BCUT2D eigenvalue weighted by Crippen LogP contribution is 2.59. The zero-order valence-electron chi connectivity index (χ0n) is 12.3. The molecule has 3 atom stereocenters. The number of amides is 1. The van der Waals surface area contributed by atoms with Gasteiger partial charge in [0.15, 0.2) is 0 Å². The molecular formula is C16H17NO5. The van der Waals surface area contributed by atoms with Crippen molar-refractivity contribution in [3.63, 3.8) is 0 Å². The fraction of sp³-hybridized carbons (Fsp3) is 0.438. The number of aliphatic carboxylic acids is 2. The highest BCUT2D eigenvalue weighted by molar-refractivity contribution is 6.06. The fourth-order valence-electron chi connectivity index (χ4n) is 3.57. The monoisotopic (exact) mass is 303 g/mol. The van der Waals surface area contributed by atoms with Crippen molar-refractivity contribution < 1.29 is 24.6 Å². The SMILES string of the molecule is CC1(C)[C@H](C(=O)O)[C@H]1C(=O)N1c2ccccc2C[C@H]1C(=O)O. The summed E-state index contributed by atoms with van der Waals surface area (Å²) >= 11 is 0. The quantitative estimate of drug-likeness (QED) is 0.879. The molecule has 6 nitrogen and oxygen atoms in total. The molecule has 116 valence electrons. The summed E-state index contributed by atoms with van der Waals surface area (Å²) in [6.07, 6.45) is 0.252. The lowest BCUT2D eigenvalue weighted by Crippen LogP contribution is -2.44. The van der Waals surface area contributed by atoms with Crippen LogP contribution in [0.4, 0.5) is 5.69 Å². The number of nitrogens with zero attached hydrogens (tertiary/aromatic N) is 1. The molecule has 1 heterocycles. The van der Waals surface area contributed by atoms with E-state index in [2.05, 4.69) is 0 Å². The summed E-state index contributed by atoms with van der Waals surface area (Å²) in [5, 5.41) is 18.6. The summed E-state index contributed by atoms with van der Waals surface area (Å²) < 4.78 is 0. The van der Waals surface area contributed by atoms with Crippen LogP contribution in [-0.4, -0.2) is 34.1 Å². The Hall–Kier alpha value is -2.37. The summed E-state index contributed by atoms with van der Waals surface area (Å²) in [6, 6.07) is 6.09. The van der Waals surface area contributed by atoms with Crippen LogP contribution in [0.2, 0.25) is 0 Å². The standard InChI is InChI=1S/C16H17NO5/c1-16(2)11(12(16)15(21)22)13(18)17-9-6-4-3-5-8(9)7-10(17)14(19)20/h3-6,10-12H,7H2,1-2H3,(H,19,20)(H,21,22)/t10-,11-,12-/m0/s1. The summed E-state index contributed by atoms with van der Waals surface area (Å²) in [4.78, 5) is 36.9. The van der Waals surface area contributed by atoms with Crippen LogP contribution in [-0.2, 0) is 20.8 Å². The van der Waals surface area contributed by atoms with Crippen molar-refractivity contribution >= 4 is 23.5 Å². The molecule has 1 aromatic rings. The second-order valence-corrected chi connectivity index (χ2v) is 6.51. The molecule has 2 N–H and O–H groups in total. The van der Waals surface area contributed by atoms with Gasteiger partial charge in [0.05, 0.1) is 11.8 Å². The third-order valence-electron chi connectivity index (χ3n) is 4.86. The zero-order chi connectivity index (χ0) is 16.2. The summed E-state index contributed by atoms with van der Waals surface area (Å²) in [5.41, 5.74) is 0.726. The maximum Gasteiger partial charge on any atom is 0.327 e. The number of benzene rings is 1. The van der Waals surface area contributed by atoms with Crippen molar-refractivity contribution in [3.05, 3.63) is 29.8 Å². The molecule has 2 aliphatic rings. The van der Waals surface area contributed by atoms with Crippen LogP contribution in [0.1, 0.15) is 19.4 Å². The van der Waals surface area contributed by atoms with Crippen molar-refractivity contribution in [1.29, 1.82) is 0 Å². The third kappa shape index (κ3) is 1.90. The van der Waals surface area contributed by atoms with Crippen molar-refractivity contribution in [2.75, 3.05) is 4.90 Å². The molecule has 1 aliphatic heterocycles. The number of rotatable bonds is 3. The normalized spacial score (nSPS) is 28.1. The molecule has 1 amide bonds. The summed E-state index contributed by atoms with van der Waals surface area (Å²) in [5.74, 6) is -3.94. The van der Waals surface area contributed by atoms with Crippen LogP contribution >= 0.6 is 0 Å². The lowest BCUT2D eigenvalue weighted by molar-refractivity contribution is -0.140. The van der Waals surface area contributed by atoms with Gasteiger partial charge in [0.2, 0.25) is 5.91 Å². The van der Waals surface area contributed by atoms with Crippen LogP contribution in [0.15, 0.2) is 24.3 Å². The molecule has 1 aliphatic carbocycles. The molecule has 3 rings (SSSR count). The van der Waals surface area contributed by atoms with Gasteiger partial charge in [-0.05, 0) is 17.0 Å². The van der Waals surface area contributed by atoms with E-state index in [0.29, 0.717) is 5.69 Å². The van der Waals surface area contributed by atoms with E-state index < -0.39 is 41.1 Å². The molecular weight excluding hydrogens is 286 g/mol. The van der Waals surface area contributed by atoms with Gasteiger partial charge in [-0.15, -0.1) is 0 Å². The van der Waals surface area contributed by atoms with E-state index in [0.717, 1.165) is 5.56 Å². The lowest BCUT2D eigenvalue weighted by Gasteiger charge is -2.23. The molecule has 22 heavy (non-hydrogen) atoms. The van der Waals surface area contributed by atoms with Crippen molar-refractivity contribution in [3.8, 4) is 0 Å². The third-order valence-corrected chi connectivity index (χ3v) is 4.86. The number of hydrogen-bond acceptors (Lipinski definition) is 3. The minimum Gasteiger partial charge on any atom is -0.481 e.